The summed E-state index contributed by atoms with van der Waals surface area (Å²) in [4.78, 5) is 18.7. The minimum absolute atomic E-state index is 0. The van der Waals surface area contributed by atoms with Crippen LogP contribution < -0.4 is 5.73 Å². The Morgan fingerprint density at radius 2 is 2.26 bits per heavy atom. The first-order valence-corrected chi connectivity index (χ1v) is 9.22. The van der Waals surface area contributed by atoms with Crippen LogP contribution in [0.4, 0.5) is 0 Å². The first-order valence-electron chi connectivity index (χ1n) is 8.34. The molecule has 2 N–H and O–H groups in total. The SMILES string of the molecule is CCC1c2ccsc2CCN1C(=O)CN1CCC(C)(CN)C1.Cl. The minimum Gasteiger partial charge on any atom is -0.334 e. The van der Waals surface area contributed by atoms with Gasteiger partial charge in [0.15, 0.2) is 0 Å². The summed E-state index contributed by atoms with van der Waals surface area (Å²) >= 11 is 1.83. The van der Waals surface area contributed by atoms with E-state index in [0.29, 0.717) is 13.1 Å². The van der Waals surface area contributed by atoms with Crippen LogP contribution in [0, 0.1) is 5.41 Å². The van der Waals surface area contributed by atoms with E-state index in [4.69, 9.17) is 5.73 Å². The zero-order valence-corrected chi connectivity index (χ0v) is 15.7. The molecule has 3 heterocycles. The van der Waals surface area contributed by atoms with Crippen molar-refractivity contribution in [2.45, 2.75) is 39.2 Å². The van der Waals surface area contributed by atoms with Crippen molar-refractivity contribution in [2.75, 3.05) is 32.7 Å². The predicted octanol–water partition coefficient (Wildman–Crippen LogP) is 2.68. The van der Waals surface area contributed by atoms with Crippen LogP contribution in [0.15, 0.2) is 11.4 Å². The van der Waals surface area contributed by atoms with E-state index in [1.54, 1.807) is 0 Å². The molecule has 2 atom stereocenters. The summed E-state index contributed by atoms with van der Waals surface area (Å²) in [5.74, 6) is 0.282. The fourth-order valence-corrected chi connectivity index (χ4v) is 4.77. The molecule has 1 fully saturated rings. The van der Waals surface area contributed by atoms with Gasteiger partial charge in [0.1, 0.15) is 0 Å². The average molecular weight is 358 g/mol. The van der Waals surface area contributed by atoms with Gasteiger partial charge in [-0.2, -0.15) is 0 Å². The second-order valence-electron chi connectivity index (χ2n) is 7.04. The van der Waals surface area contributed by atoms with Crippen LogP contribution >= 0.6 is 23.7 Å². The number of rotatable bonds is 4. The van der Waals surface area contributed by atoms with E-state index in [0.717, 1.165) is 38.9 Å². The van der Waals surface area contributed by atoms with Crippen molar-refractivity contribution >= 4 is 29.7 Å². The molecule has 0 spiro atoms. The van der Waals surface area contributed by atoms with Gasteiger partial charge >= 0.3 is 0 Å². The molecular weight excluding hydrogens is 330 g/mol. The molecule has 2 aliphatic rings. The number of hydrogen-bond acceptors (Lipinski definition) is 4. The second kappa shape index (κ2) is 7.51. The van der Waals surface area contributed by atoms with Gasteiger partial charge in [-0.25, -0.2) is 0 Å². The normalized spacial score (nSPS) is 27.6. The maximum Gasteiger partial charge on any atom is 0.237 e. The zero-order valence-electron chi connectivity index (χ0n) is 14.1. The van der Waals surface area contributed by atoms with Gasteiger partial charge in [-0.15, -0.1) is 23.7 Å². The Morgan fingerprint density at radius 1 is 1.48 bits per heavy atom. The van der Waals surface area contributed by atoms with Gasteiger partial charge in [-0.3, -0.25) is 9.69 Å². The summed E-state index contributed by atoms with van der Waals surface area (Å²) in [7, 11) is 0. The monoisotopic (exact) mass is 357 g/mol. The largest absolute Gasteiger partial charge is 0.334 e. The molecule has 1 aromatic heterocycles. The summed E-state index contributed by atoms with van der Waals surface area (Å²) in [5.41, 5.74) is 7.43. The van der Waals surface area contributed by atoms with Crippen LogP contribution in [0.5, 0.6) is 0 Å². The number of fused-ring (bicyclic) bond motifs is 1. The van der Waals surface area contributed by atoms with Gasteiger partial charge in [-0.1, -0.05) is 13.8 Å². The first-order chi connectivity index (χ1) is 10.6. The third-order valence-corrected chi connectivity index (χ3v) is 6.29. The average Bonchev–Trinajstić information content (AvgIpc) is 3.13. The van der Waals surface area contributed by atoms with Crippen molar-refractivity contribution in [2.24, 2.45) is 11.1 Å². The van der Waals surface area contributed by atoms with Gasteiger partial charge in [-0.05, 0) is 54.8 Å². The Kier molecular flexibility index (Phi) is 6.11. The van der Waals surface area contributed by atoms with Gasteiger partial charge < -0.3 is 10.6 Å². The molecule has 0 radical (unpaired) electrons. The van der Waals surface area contributed by atoms with E-state index in [2.05, 4.69) is 35.1 Å². The van der Waals surface area contributed by atoms with Crippen molar-refractivity contribution in [3.63, 3.8) is 0 Å². The van der Waals surface area contributed by atoms with E-state index in [9.17, 15) is 4.79 Å². The molecule has 3 rings (SSSR count). The van der Waals surface area contributed by atoms with E-state index in [-0.39, 0.29) is 29.8 Å². The molecule has 0 bridgehead atoms. The molecule has 0 saturated carbocycles. The van der Waals surface area contributed by atoms with E-state index >= 15 is 0 Å². The molecule has 1 aromatic rings. The standard InChI is InChI=1S/C17H27N3OS.ClH/c1-3-14-13-5-9-22-15(13)4-7-20(14)16(21)10-19-8-6-17(2,11-18)12-19;/h5,9,14H,3-4,6-8,10-12,18H2,1-2H3;1H. The maximum atomic E-state index is 12.8. The third-order valence-electron chi connectivity index (χ3n) is 5.29. The summed E-state index contributed by atoms with van der Waals surface area (Å²) in [6, 6.07) is 2.47. The molecule has 1 saturated heterocycles. The molecule has 2 aliphatic heterocycles. The van der Waals surface area contributed by atoms with Crippen molar-refractivity contribution in [1.82, 2.24) is 9.80 Å². The number of carbonyl (C=O) groups excluding carboxylic acids is 1. The van der Waals surface area contributed by atoms with Crippen LogP contribution in [-0.4, -0.2) is 48.4 Å². The smallest absolute Gasteiger partial charge is 0.237 e. The Morgan fingerprint density at radius 3 is 2.91 bits per heavy atom. The Balaban J connectivity index is 0.00000192. The summed E-state index contributed by atoms with van der Waals surface area (Å²) < 4.78 is 0. The quantitative estimate of drug-likeness (QED) is 0.901. The summed E-state index contributed by atoms with van der Waals surface area (Å²) in [6.45, 7) is 8.47. The van der Waals surface area contributed by atoms with Gasteiger partial charge in [0.2, 0.25) is 5.91 Å². The molecule has 4 nitrogen and oxygen atoms in total. The van der Waals surface area contributed by atoms with Crippen molar-refractivity contribution < 1.29 is 4.79 Å². The fraction of sp³-hybridized carbons (Fsp3) is 0.706. The number of carbonyl (C=O) groups is 1. The lowest BCUT2D eigenvalue weighted by Crippen LogP contribution is -2.45. The highest BCUT2D eigenvalue weighted by Crippen LogP contribution is 2.35. The highest BCUT2D eigenvalue weighted by atomic mass is 35.5. The van der Waals surface area contributed by atoms with Crippen molar-refractivity contribution in [3.05, 3.63) is 21.9 Å². The molecule has 0 aliphatic carbocycles. The Labute approximate surface area is 149 Å². The van der Waals surface area contributed by atoms with Crippen LogP contribution in [0.3, 0.4) is 0 Å². The van der Waals surface area contributed by atoms with Gasteiger partial charge in [0.25, 0.3) is 0 Å². The number of nitrogens with zero attached hydrogens (tertiary/aromatic N) is 2. The summed E-state index contributed by atoms with van der Waals surface area (Å²) in [6.07, 6.45) is 3.11. The molecule has 2 unspecified atom stereocenters. The van der Waals surface area contributed by atoms with Crippen LogP contribution in [0.2, 0.25) is 0 Å². The topological polar surface area (TPSA) is 49.6 Å². The molecule has 130 valence electrons. The van der Waals surface area contributed by atoms with Crippen LogP contribution in [-0.2, 0) is 11.2 Å². The highest BCUT2D eigenvalue weighted by Gasteiger charge is 2.36. The highest BCUT2D eigenvalue weighted by molar-refractivity contribution is 7.10. The number of likely N-dealkylation sites (tertiary alicyclic amines) is 1. The van der Waals surface area contributed by atoms with Gasteiger partial charge in [0, 0.05) is 18.0 Å². The minimum atomic E-state index is 0. The third kappa shape index (κ3) is 3.73. The molecule has 1 amide bonds. The number of hydrogen-bond donors (Lipinski definition) is 1. The number of thiophene rings is 1. The molecule has 6 heteroatoms. The zero-order chi connectivity index (χ0) is 15.7. The van der Waals surface area contributed by atoms with Crippen LogP contribution in [0.1, 0.15) is 43.2 Å². The van der Waals surface area contributed by atoms with E-state index in [1.807, 2.05) is 11.3 Å². The number of halogens is 1. The lowest BCUT2D eigenvalue weighted by molar-refractivity contribution is -0.135. The predicted molar refractivity (Wildman–Crippen MR) is 98.2 cm³/mol. The Bertz CT molecular complexity index is 550. The molecule has 0 aromatic carbocycles. The Hall–Kier alpha value is -0.620. The van der Waals surface area contributed by atoms with E-state index in [1.165, 1.54) is 10.4 Å². The number of nitrogens with two attached hydrogens (primary N) is 1. The first kappa shape index (κ1) is 18.7. The second-order valence-corrected chi connectivity index (χ2v) is 8.04. The van der Waals surface area contributed by atoms with Crippen molar-refractivity contribution in [1.29, 1.82) is 0 Å². The fourth-order valence-electron chi connectivity index (χ4n) is 3.84. The maximum absolute atomic E-state index is 12.8. The van der Waals surface area contributed by atoms with Crippen molar-refractivity contribution in [3.8, 4) is 0 Å². The molecular formula is C17H28ClN3OS. The lowest BCUT2D eigenvalue weighted by Gasteiger charge is -2.36. The lowest BCUT2D eigenvalue weighted by atomic mass is 9.90. The van der Waals surface area contributed by atoms with Gasteiger partial charge in [0.05, 0.1) is 12.6 Å². The van der Waals surface area contributed by atoms with E-state index < -0.39 is 0 Å². The molecule has 23 heavy (non-hydrogen) atoms. The number of amides is 1. The van der Waals surface area contributed by atoms with Crippen LogP contribution in [0.25, 0.3) is 0 Å². The summed E-state index contributed by atoms with van der Waals surface area (Å²) in [5, 5.41) is 2.16.